The number of hydrogen-bond donors (Lipinski definition) is 0. The van der Waals surface area contributed by atoms with Crippen LogP contribution in [0.15, 0.2) is 24.3 Å². The second-order valence-electron chi connectivity index (χ2n) is 5.19. The maximum Gasteiger partial charge on any atom is 0.123 e. The van der Waals surface area contributed by atoms with Crippen molar-refractivity contribution in [2.75, 3.05) is 0 Å². The van der Waals surface area contributed by atoms with Crippen LogP contribution in [0.5, 0.6) is 0 Å². The highest BCUT2D eigenvalue weighted by Crippen LogP contribution is 2.55. The molecule has 2 atom stereocenters. The lowest BCUT2D eigenvalue weighted by Gasteiger charge is -2.50. The van der Waals surface area contributed by atoms with Crippen LogP contribution in [0.2, 0.25) is 0 Å². The van der Waals surface area contributed by atoms with Crippen molar-refractivity contribution in [3.63, 3.8) is 0 Å². The summed E-state index contributed by atoms with van der Waals surface area (Å²) in [6.45, 7) is 0. The minimum absolute atomic E-state index is 0.182. The molecule has 0 aliphatic heterocycles. The Kier molecular flexibility index (Phi) is 2.31. The molecule has 1 aromatic carbocycles. The summed E-state index contributed by atoms with van der Waals surface area (Å²) in [6, 6.07) is 6.80. The number of aldehydes is 1. The Hall–Kier alpha value is -1.18. The van der Waals surface area contributed by atoms with Gasteiger partial charge in [0.15, 0.2) is 0 Å². The zero-order chi connectivity index (χ0) is 11.1. The van der Waals surface area contributed by atoms with Gasteiger partial charge in [0.25, 0.3) is 0 Å². The first kappa shape index (κ1) is 10.0. The average Bonchev–Trinajstić information content (AvgIpc) is 2.28. The molecule has 1 nitrogen and oxygen atoms in total. The monoisotopic (exact) mass is 218 g/mol. The Bertz CT molecular complexity index is 392. The van der Waals surface area contributed by atoms with Gasteiger partial charge in [-0.15, -0.1) is 0 Å². The molecule has 84 valence electrons. The molecule has 3 aliphatic carbocycles. The highest BCUT2D eigenvalue weighted by Gasteiger charge is 2.46. The molecular weight excluding hydrogens is 203 g/mol. The number of hydrogen-bond acceptors (Lipinski definition) is 1. The third-order valence-electron chi connectivity index (χ3n) is 4.38. The standard InChI is InChI=1S/C14H15FO/c15-13-3-1-9(2-4-13)14-7-12(8-16)10-5-11(14)6-10/h1-4,8,10-12,14H,5-7H2/t10?,11?,12-,14+/m1/s1. The molecule has 3 fully saturated rings. The van der Waals surface area contributed by atoms with Gasteiger partial charge in [-0.2, -0.15) is 0 Å². The van der Waals surface area contributed by atoms with Gasteiger partial charge >= 0.3 is 0 Å². The number of rotatable bonds is 2. The quantitative estimate of drug-likeness (QED) is 0.697. The van der Waals surface area contributed by atoms with E-state index in [-0.39, 0.29) is 11.7 Å². The summed E-state index contributed by atoms with van der Waals surface area (Å²) in [5.74, 6) is 1.89. The van der Waals surface area contributed by atoms with Crippen LogP contribution in [0.25, 0.3) is 0 Å². The second kappa shape index (κ2) is 3.69. The molecule has 3 aliphatic rings. The summed E-state index contributed by atoms with van der Waals surface area (Å²) in [7, 11) is 0. The Morgan fingerprint density at radius 1 is 1.06 bits per heavy atom. The van der Waals surface area contributed by atoms with Crippen LogP contribution in [-0.2, 0) is 4.79 Å². The van der Waals surface area contributed by atoms with Crippen molar-refractivity contribution in [2.24, 2.45) is 17.8 Å². The first-order valence-corrected chi connectivity index (χ1v) is 5.98. The maximum atomic E-state index is 12.8. The van der Waals surface area contributed by atoms with Crippen molar-refractivity contribution in [1.29, 1.82) is 0 Å². The van der Waals surface area contributed by atoms with E-state index >= 15 is 0 Å². The average molecular weight is 218 g/mol. The summed E-state index contributed by atoms with van der Waals surface area (Å²) in [6.07, 6.45) is 4.46. The van der Waals surface area contributed by atoms with Crippen LogP contribution in [0.3, 0.4) is 0 Å². The lowest BCUT2D eigenvalue weighted by atomic mass is 9.54. The SMILES string of the molecule is O=C[C@H]1C[C@@H](c2ccc(F)cc2)C2CC1C2. The van der Waals surface area contributed by atoms with Crippen molar-refractivity contribution >= 4 is 6.29 Å². The zero-order valence-corrected chi connectivity index (χ0v) is 9.10. The third kappa shape index (κ3) is 1.48. The summed E-state index contributed by atoms with van der Waals surface area (Å²) < 4.78 is 12.8. The third-order valence-corrected chi connectivity index (χ3v) is 4.38. The van der Waals surface area contributed by atoms with E-state index in [1.54, 1.807) is 0 Å². The van der Waals surface area contributed by atoms with Gasteiger partial charge in [-0.05, 0) is 54.7 Å². The predicted molar refractivity (Wildman–Crippen MR) is 59.5 cm³/mol. The van der Waals surface area contributed by atoms with Crippen LogP contribution < -0.4 is 0 Å². The predicted octanol–water partition coefficient (Wildman–Crippen LogP) is 3.15. The lowest BCUT2D eigenvalue weighted by molar-refractivity contribution is -0.117. The molecule has 2 heteroatoms. The van der Waals surface area contributed by atoms with E-state index in [4.69, 9.17) is 0 Å². The first-order chi connectivity index (χ1) is 7.78. The zero-order valence-electron chi connectivity index (χ0n) is 9.10. The van der Waals surface area contributed by atoms with E-state index in [1.807, 2.05) is 12.1 Å². The molecule has 3 saturated carbocycles. The molecule has 0 amide bonds. The van der Waals surface area contributed by atoms with Crippen LogP contribution in [-0.4, -0.2) is 6.29 Å². The van der Waals surface area contributed by atoms with Gasteiger partial charge < -0.3 is 4.79 Å². The fourth-order valence-corrected chi connectivity index (χ4v) is 3.35. The minimum atomic E-state index is -0.182. The van der Waals surface area contributed by atoms with Crippen molar-refractivity contribution in [1.82, 2.24) is 0 Å². The van der Waals surface area contributed by atoms with E-state index in [0.29, 0.717) is 11.8 Å². The molecule has 0 saturated heterocycles. The molecule has 0 unspecified atom stereocenters. The second-order valence-corrected chi connectivity index (χ2v) is 5.19. The molecule has 16 heavy (non-hydrogen) atoms. The molecule has 0 spiro atoms. The number of benzene rings is 1. The molecule has 0 aromatic heterocycles. The molecule has 2 bridgehead atoms. The topological polar surface area (TPSA) is 17.1 Å². The van der Waals surface area contributed by atoms with Gasteiger partial charge in [0.1, 0.15) is 12.1 Å². The minimum Gasteiger partial charge on any atom is -0.303 e. The van der Waals surface area contributed by atoms with E-state index in [0.717, 1.165) is 18.6 Å². The number of carbonyl (C=O) groups excluding carboxylic acids is 1. The Morgan fingerprint density at radius 2 is 1.75 bits per heavy atom. The van der Waals surface area contributed by atoms with Crippen LogP contribution in [0, 0.1) is 23.6 Å². The maximum absolute atomic E-state index is 12.8. The molecular formula is C14H15FO. The van der Waals surface area contributed by atoms with Gasteiger partial charge in [0.2, 0.25) is 0 Å². The Labute approximate surface area is 94.7 Å². The highest BCUT2D eigenvalue weighted by atomic mass is 19.1. The molecule has 0 N–H and O–H groups in total. The number of carbonyl (C=O) groups is 1. The Balaban J connectivity index is 1.84. The summed E-state index contributed by atoms with van der Waals surface area (Å²) in [5.41, 5.74) is 1.21. The smallest absolute Gasteiger partial charge is 0.123 e. The van der Waals surface area contributed by atoms with Gasteiger partial charge in [0, 0.05) is 5.92 Å². The molecule has 1 aromatic rings. The van der Waals surface area contributed by atoms with Gasteiger partial charge in [0.05, 0.1) is 0 Å². The fourth-order valence-electron chi connectivity index (χ4n) is 3.35. The van der Waals surface area contributed by atoms with E-state index < -0.39 is 0 Å². The molecule has 0 radical (unpaired) electrons. The largest absolute Gasteiger partial charge is 0.303 e. The molecule has 0 heterocycles. The highest BCUT2D eigenvalue weighted by molar-refractivity contribution is 5.55. The van der Waals surface area contributed by atoms with Gasteiger partial charge in [-0.25, -0.2) is 4.39 Å². The van der Waals surface area contributed by atoms with Gasteiger partial charge in [-0.3, -0.25) is 0 Å². The van der Waals surface area contributed by atoms with E-state index in [2.05, 4.69) is 0 Å². The van der Waals surface area contributed by atoms with Crippen LogP contribution >= 0.6 is 0 Å². The number of halogens is 1. The Morgan fingerprint density at radius 3 is 2.38 bits per heavy atom. The van der Waals surface area contributed by atoms with E-state index in [9.17, 15) is 9.18 Å². The van der Waals surface area contributed by atoms with Gasteiger partial charge in [-0.1, -0.05) is 12.1 Å². The lowest BCUT2D eigenvalue weighted by Crippen LogP contribution is -2.41. The fraction of sp³-hybridized carbons (Fsp3) is 0.500. The van der Waals surface area contributed by atoms with Crippen molar-refractivity contribution in [3.05, 3.63) is 35.6 Å². The van der Waals surface area contributed by atoms with Crippen molar-refractivity contribution < 1.29 is 9.18 Å². The van der Waals surface area contributed by atoms with Crippen LogP contribution in [0.4, 0.5) is 4.39 Å². The van der Waals surface area contributed by atoms with Crippen molar-refractivity contribution in [3.8, 4) is 0 Å². The van der Waals surface area contributed by atoms with Crippen molar-refractivity contribution in [2.45, 2.75) is 25.2 Å². The molecule has 4 rings (SSSR count). The summed E-state index contributed by atoms with van der Waals surface area (Å²) >= 11 is 0. The number of fused-ring (bicyclic) bond motifs is 2. The summed E-state index contributed by atoms with van der Waals surface area (Å²) in [5, 5.41) is 0. The summed E-state index contributed by atoms with van der Waals surface area (Å²) in [4.78, 5) is 11.0. The van der Waals surface area contributed by atoms with E-state index in [1.165, 1.54) is 30.5 Å². The van der Waals surface area contributed by atoms with Crippen LogP contribution in [0.1, 0.15) is 30.7 Å². The first-order valence-electron chi connectivity index (χ1n) is 5.98. The normalized spacial score (nSPS) is 36.6.